The molecule has 3 rings (SSSR count). The molecule has 0 unspecified atom stereocenters. The Hall–Kier alpha value is -2.59. The predicted octanol–water partition coefficient (Wildman–Crippen LogP) is 4.87. The van der Waals surface area contributed by atoms with Gasteiger partial charge in [-0.05, 0) is 54.6 Å². The van der Waals surface area contributed by atoms with Crippen LogP contribution in [0.25, 0.3) is 22.2 Å². The summed E-state index contributed by atoms with van der Waals surface area (Å²) in [5.41, 5.74) is 11.6. The second-order valence-corrected chi connectivity index (χ2v) is 7.45. The smallest absolute Gasteiger partial charge is 0.219 e. The predicted molar refractivity (Wildman–Crippen MR) is 117 cm³/mol. The molecule has 0 aliphatic heterocycles. The van der Waals surface area contributed by atoms with Crippen LogP contribution in [0, 0.1) is 0 Å². The summed E-state index contributed by atoms with van der Waals surface area (Å²) in [7, 11) is 0. The van der Waals surface area contributed by atoms with Crippen LogP contribution in [0.4, 0.5) is 0 Å². The number of benzene rings is 2. The zero-order valence-electron chi connectivity index (χ0n) is 17.0. The first-order valence-corrected chi connectivity index (χ1v) is 10.3. The Morgan fingerprint density at radius 1 is 1.11 bits per heavy atom. The highest BCUT2D eigenvalue weighted by Gasteiger charge is 2.14. The second-order valence-electron chi connectivity index (χ2n) is 7.45. The van der Waals surface area contributed by atoms with E-state index in [-0.39, 0.29) is 5.91 Å². The summed E-state index contributed by atoms with van der Waals surface area (Å²) in [5, 5.41) is 1.21. The molecule has 3 aromatic rings. The maximum atomic E-state index is 12.1. The number of H-pyrrole nitrogens is 1. The number of rotatable bonds is 9. The van der Waals surface area contributed by atoms with Gasteiger partial charge in [0.2, 0.25) is 5.91 Å². The summed E-state index contributed by atoms with van der Waals surface area (Å²) in [4.78, 5) is 17.6. The van der Waals surface area contributed by atoms with Crippen LogP contribution in [0.5, 0.6) is 0 Å². The maximum Gasteiger partial charge on any atom is 0.219 e. The average molecular weight is 378 g/mol. The molecule has 148 valence electrons. The number of hydrogen-bond donors (Lipinski definition) is 2. The minimum absolute atomic E-state index is 0.0930. The third-order valence-corrected chi connectivity index (χ3v) is 5.21. The van der Waals surface area contributed by atoms with E-state index >= 15 is 0 Å². The van der Waals surface area contributed by atoms with E-state index in [1.54, 1.807) is 6.92 Å². The van der Waals surface area contributed by atoms with Gasteiger partial charge in [0.1, 0.15) is 0 Å². The molecule has 0 saturated carbocycles. The number of aromatic nitrogens is 1. The number of aryl methyl sites for hydroxylation is 1. The highest BCUT2D eigenvalue weighted by atomic mass is 16.2. The molecule has 0 fully saturated rings. The number of unbranched alkanes of at least 4 members (excludes halogenated alkanes) is 1. The van der Waals surface area contributed by atoms with E-state index in [1.165, 1.54) is 34.9 Å². The van der Waals surface area contributed by atoms with E-state index in [2.05, 4.69) is 54.4 Å². The Labute approximate surface area is 167 Å². The van der Waals surface area contributed by atoms with Gasteiger partial charge < -0.3 is 15.6 Å². The number of nitrogens with two attached hydrogens (primary N) is 1. The molecule has 1 heterocycles. The quantitative estimate of drug-likeness (QED) is 0.558. The van der Waals surface area contributed by atoms with E-state index in [1.807, 2.05) is 11.0 Å². The Kier molecular flexibility index (Phi) is 6.88. The van der Waals surface area contributed by atoms with Gasteiger partial charge in [0.25, 0.3) is 0 Å². The van der Waals surface area contributed by atoms with Gasteiger partial charge in [0.05, 0.1) is 5.52 Å². The van der Waals surface area contributed by atoms with E-state index in [9.17, 15) is 4.79 Å². The number of carbonyl (C=O) groups excluding carboxylic acids is 1. The van der Waals surface area contributed by atoms with Crippen molar-refractivity contribution in [3.05, 3.63) is 59.7 Å². The molecule has 0 saturated heterocycles. The van der Waals surface area contributed by atoms with E-state index in [0.29, 0.717) is 19.6 Å². The molecule has 2 aromatic carbocycles. The van der Waals surface area contributed by atoms with Crippen LogP contribution in [0.1, 0.15) is 44.2 Å². The SMILES string of the molecule is CCCCc1cc(CN(CCCN)C(C)=O)c2[nH]c(-c3ccccc3)cc2c1. The lowest BCUT2D eigenvalue weighted by atomic mass is 10.0. The minimum atomic E-state index is 0.0930. The zero-order valence-corrected chi connectivity index (χ0v) is 17.0. The van der Waals surface area contributed by atoms with Gasteiger partial charge in [-0.15, -0.1) is 0 Å². The standard InChI is InChI=1S/C24H31N3O/c1-3-4-9-19-14-21-16-23(20-10-6-5-7-11-20)26-24(21)22(15-19)17-27(18(2)28)13-8-12-25/h5-7,10-11,14-16,26H,3-4,8-9,12-13,17,25H2,1-2H3. The van der Waals surface area contributed by atoms with Crippen molar-refractivity contribution in [2.24, 2.45) is 5.73 Å². The van der Waals surface area contributed by atoms with Crippen LogP contribution < -0.4 is 5.73 Å². The molecule has 1 aromatic heterocycles. The molecule has 4 heteroatoms. The Balaban J connectivity index is 2.02. The topological polar surface area (TPSA) is 62.1 Å². The maximum absolute atomic E-state index is 12.1. The zero-order chi connectivity index (χ0) is 19.9. The summed E-state index contributed by atoms with van der Waals surface area (Å²) in [6, 6.07) is 17.1. The molecule has 0 aliphatic rings. The van der Waals surface area contributed by atoms with Crippen LogP contribution in [0.2, 0.25) is 0 Å². The highest BCUT2D eigenvalue weighted by Crippen LogP contribution is 2.29. The molecule has 0 radical (unpaired) electrons. The molecule has 1 amide bonds. The monoisotopic (exact) mass is 377 g/mol. The van der Waals surface area contributed by atoms with Crippen LogP contribution in [-0.4, -0.2) is 28.9 Å². The Morgan fingerprint density at radius 2 is 1.89 bits per heavy atom. The number of fused-ring (bicyclic) bond motifs is 1. The van der Waals surface area contributed by atoms with Crippen molar-refractivity contribution in [2.75, 3.05) is 13.1 Å². The summed E-state index contributed by atoms with van der Waals surface area (Å²) in [6.45, 7) is 5.75. The molecule has 0 bridgehead atoms. The lowest BCUT2D eigenvalue weighted by Gasteiger charge is -2.22. The van der Waals surface area contributed by atoms with Crippen molar-refractivity contribution >= 4 is 16.8 Å². The van der Waals surface area contributed by atoms with Crippen molar-refractivity contribution in [1.29, 1.82) is 0 Å². The normalized spacial score (nSPS) is 11.1. The van der Waals surface area contributed by atoms with Crippen molar-refractivity contribution < 1.29 is 4.79 Å². The Morgan fingerprint density at radius 3 is 2.57 bits per heavy atom. The van der Waals surface area contributed by atoms with Crippen LogP contribution in [0.15, 0.2) is 48.5 Å². The molecule has 0 atom stereocenters. The van der Waals surface area contributed by atoms with Crippen molar-refractivity contribution in [3.63, 3.8) is 0 Å². The largest absolute Gasteiger partial charge is 0.354 e. The summed E-state index contributed by atoms with van der Waals surface area (Å²) in [5.74, 6) is 0.0930. The van der Waals surface area contributed by atoms with E-state index < -0.39 is 0 Å². The summed E-state index contributed by atoms with van der Waals surface area (Å²) in [6.07, 6.45) is 4.22. The van der Waals surface area contributed by atoms with E-state index in [0.717, 1.165) is 24.1 Å². The first-order valence-electron chi connectivity index (χ1n) is 10.3. The van der Waals surface area contributed by atoms with Gasteiger partial charge >= 0.3 is 0 Å². The lowest BCUT2D eigenvalue weighted by molar-refractivity contribution is -0.129. The molecule has 28 heavy (non-hydrogen) atoms. The van der Waals surface area contributed by atoms with Crippen LogP contribution in [0.3, 0.4) is 0 Å². The first-order chi connectivity index (χ1) is 13.6. The molecular formula is C24H31N3O. The molecule has 0 spiro atoms. The van der Waals surface area contributed by atoms with Crippen molar-refractivity contribution in [3.8, 4) is 11.3 Å². The fourth-order valence-electron chi connectivity index (χ4n) is 3.65. The highest BCUT2D eigenvalue weighted by molar-refractivity contribution is 5.89. The fourth-order valence-corrected chi connectivity index (χ4v) is 3.65. The van der Waals surface area contributed by atoms with Gasteiger partial charge in [-0.25, -0.2) is 0 Å². The van der Waals surface area contributed by atoms with Crippen LogP contribution >= 0.6 is 0 Å². The van der Waals surface area contributed by atoms with Gasteiger partial charge in [-0.3, -0.25) is 4.79 Å². The number of hydrogen-bond acceptors (Lipinski definition) is 2. The average Bonchev–Trinajstić information content (AvgIpc) is 3.14. The first kappa shape index (κ1) is 20.2. The number of nitrogens with one attached hydrogen (secondary N) is 1. The Bertz CT molecular complexity index is 914. The fraction of sp³-hybridized carbons (Fsp3) is 0.375. The summed E-state index contributed by atoms with van der Waals surface area (Å²) < 4.78 is 0. The lowest BCUT2D eigenvalue weighted by Crippen LogP contribution is -2.30. The van der Waals surface area contributed by atoms with Gasteiger partial charge in [-0.1, -0.05) is 49.7 Å². The number of nitrogens with zero attached hydrogens (tertiary/aromatic N) is 1. The minimum Gasteiger partial charge on any atom is -0.354 e. The number of amides is 1. The summed E-state index contributed by atoms with van der Waals surface area (Å²) >= 11 is 0. The van der Waals surface area contributed by atoms with Gasteiger partial charge in [-0.2, -0.15) is 0 Å². The van der Waals surface area contributed by atoms with Crippen molar-refractivity contribution in [1.82, 2.24) is 9.88 Å². The third kappa shape index (κ3) is 4.82. The molecule has 4 nitrogen and oxygen atoms in total. The van der Waals surface area contributed by atoms with Gasteiger partial charge in [0, 0.05) is 31.1 Å². The third-order valence-electron chi connectivity index (χ3n) is 5.21. The second kappa shape index (κ2) is 9.56. The molecule has 0 aliphatic carbocycles. The number of carbonyl (C=O) groups is 1. The van der Waals surface area contributed by atoms with Crippen LogP contribution in [-0.2, 0) is 17.8 Å². The van der Waals surface area contributed by atoms with E-state index in [4.69, 9.17) is 5.73 Å². The number of aromatic amines is 1. The van der Waals surface area contributed by atoms with Crippen molar-refractivity contribution in [2.45, 2.75) is 46.1 Å². The van der Waals surface area contributed by atoms with Gasteiger partial charge in [0.15, 0.2) is 0 Å². The molecule has 3 N–H and O–H groups in total. The molecular weight excluding hydrogens is 346 g/mol.